The van der Waals surface area contributed by atoms with Crippen molar-refractivity contribution >= 4 is 29.3 Å². The van der Waals surface area contributed by atoms with Crippen LogP contribution in [-0.2, 0) is 4.79 Å². The standard InChI is InChI=1S/C21H17N3O6/c1-29-17-10-4-14(5-11-17)13-18(23-21(26)19-3-2-12-30-19)20(25)22-15-6-8-16(9-7-15)24(27)28/h2-13H,1H3,(H,22,25)(H,23,26). The number of nitrogens with one attached hydrogen (secondary N) is 2. The van der Waals surface area contributed by atoms with Gasteiger partial charge in [0.2, 0.25) is 0 Å². The Labute approximate surface area is 171 Å². The Balaban J connectivity index is 1.84. The first-order valence-corrected chi connectivity index (χ1v) is 8.72. The third-order valence-electron chi connectivity index (χ3n) is 4.00. The van der Waals surface area contributed by atoms with Crippen LogP contribution in [0.4, 0.5) is 11.4 Å². The van der Waals surface area contributed by atoms with E-state index in [1.165, 1.54) is 49.8 Å². The van der Waals surface area contributed by atoms with E-state index in [-0.39, 0.29) is 17.1 Å². The molecule has 0 aliphatic carbocycles. The van der Waals surface area contributed by atoms with Crippen molar-refractivity contribution in [3.63, 3.8) is 0 Å². The lowest BCUT2D eigenvalue weighted by Crippen LogP contribution is -2.30. The van der Waals surface area contributed by atoms with Crippen molar-refractivity contribution in [3.05, 3.63) is 94.1 Å². The number of non-ortho nitro benzene ring substituents is 1. The number of methoxy groups -OCH3 is 1. The summed E-state index contributed by atoms with van der Waals surface area (Å²) in [6.07, 6.45) is 2.83. The summed E-state index contributed by atoms with van der Waals surface area (Å²) in [5.74, 6) is -0.527. The number of rotatable bonds is 7. The number of hydrogen-bond donors (Lipinski definition) is 2. The molecule has 0 saturated heterocycles. The van der Waals surface area contributed by atoms with Gasteiger partial charge in [-0.25, -0.2) is 0 Å². The number of furan rings is 1. The van der Waals surface area contributed by atoms with Crippen LogP contribution in [0.1, 0.15) is 16.1 Å². The van der Waals surface area contributed by atoms with Crippen LogP contribution < -0.4 is 15.4 Å². The van der Waals surface area contributed by atoms with Crippen LogP contribution in [0.15, 0.2) is 77.0 Å². The number of ether oxygens (including phenoxy) is 1. The molecule has 2 amide bonds. The minimum Gasteiger partial charge on any atom is -0.497 e. The van der Waals surface area contributed by atoms with E-state index in [4.69, 9.17) is 9.15 Å². The van der Waals surface area contributed by atoms with E-state index in [1.807, 2.05) is 0 Å². The summed E-state index contributed by atoms with van der Waals surface area (Å²) in [6, 6.07) is 15.2. The maximum Gasteiger partial charge on any atom is 0.291 e. The average Bonchev–Trinajstić information content (AvgIpc) is 3.29. The van der Waals surface area contributed by atoms with Gasteiger partial charge >= 0.3 is 0 Å². The van der Waals surface area contributed by atoms with Gasteiger partial charge in [0.25, 0.3) is 17.5 Å². The molecule has 0 bridgehead atoms. The molecule has 9 heteroatoms. The average molecular weight is 407 g/mol. The summed E-state index contributed by atoms with van der Waals surface area (Å²) in [5, 5.41) is 15.9. The smallest absolute Gasteiger partial charge is 0.291 e. The van der Waals surface area contributed by atoms with Crippen molar-refractivity contribution in [1.82, 2.24) is 5.32 Å². The molecule has 0 spiro atoms. The van der Waals surface area contributed by atoms with E-state index < -0.39 is 16.7 Å². The van der Waals surface area contributed by atoms with Gasteiger partial charge in [-0.1, -0.05) is 12.1 Å². The topological polar surface area (TPSA) is 124 Å². The lowest BCUT2D eigenvalue weighted by atomic mass is 10.1. The molecule has 9 nitrogen and oxygen atoms in total. The predicted octanol–water partition coefficient (Wildman–Crippen LogP) is 3.61. The zero-order chi connectivity index (χ0) is 21.5. The van der Waals surface area contributed by atoms with E-state index in [0.717, 1.165) is 0 Å². The number of anilines is 1. The normalized spacial score (nSPS) is 10.9. The van der Waals surface area contributed by atoms with Crippen LogP contribution in [0.25, 0.3) is 6.08 Å². The van der Waals surface area contributed by atoms with Crippen molar-refractivity contribution in [2.24, 2.45) is 0 Å². The van der Waals surface area contributed by atoms with Crippen molar-refractivity contribution in [3.8, 4) is 5.75 Å². The molecule has 3 aromatic rings. The van der Waals surface area contributed by atoms with E-state index in [2.05, 4.69) is 10.6 Å². The van der Waals surface area contributed by atoms with E-state index in [1.54, 1.807) is 30.3 Å². The summed E-state index contributed by atoms with van der Waals surface area (Å²) < 4.78 is 10.2. The zero-order valence-electron chi connectivity index (χ0n) is 15.8. The molecule has 1 aromatic heterocycles. The van der Waals surface area contributed by atoms with Gasteiger partial charge in [0.15, 0.2) is 5.76 Å². The Bertz CT molecular complexity index is 1070. The zero-order valence-corrected chi connectivity index (χ0v) is 15.8. The SMILES string of the molecule is COc1ccc(C=C(NC(=O)c2ccco2)C(=O)Nc2ccc([N+](=O)[O-])cc2)cc1. The number of nitro benzene ring substituents is 1. The quantitative estimate of drug-likeness (QED) is 0.350. The summed E-state index contributed by atoms with van der Waals surface area (Å²) in [5.41, 5.74) is 0.830. The summed E-state index contributed by atoms with van der Waals surface area (Å²) in [4.78, 5) is 35.4. The van der Waals surface area contributed by atoms with Gasteiger partial charge in [-0.15, -0.1) is 0 Å². The molecule has 3 rings (SSSR count). The van der Waals surface area contributed by atoms with Gasteiger partial charge in [0, 0.05) is 17.8 Å². The minimum absolute atomic E-state index is 0.0405. The number of nitrogens with zero attached hydrogens (tertiary/aromatic N) is 1. The van der Waals surface area contributed by atoms with Gasteiger partial charge in [-0.2, -0.15) is 0 Å². The lowest BCUT2D eigenvalue weighted by Gasteiger charge is -2.10. The first-order chi connectivity index (χ1) is 14.5. The monoisotopic (exact) mass is 407 g/mol. The van der Waals surface area contributed by atoms with Crippen LogP contribution in [0.3, 0.4) is 0 Å². The largest absolute Gasteiger partial charge is 0.497 e. The van der Waals surface area contributed by atoms with Gasteiger partial charge < -0.3 is 19.8 Å². The molecule has 0 unspecified atom stereocenters. The first kappa shape index (κ1) is 20.3. The molecule has 0 aliphatic rings. The molecule has 0 saturated carbocycles. The van der Waals surface area contributed by atoms with Gasteiger partial charge in [0.1, 0.15) is 11.4 Å². The molecule has 2 aromatic carbocycles. The Kier molecular flexibility index (Phi) is 6.23. The highest BCUT2D eigenvalue weighted by atomic mass is 16.6. The maximum atomic E-state index is 12.8. The molecule has 0 atom stereocenters. The molecular weight excluding hydrogens is 390 g/mol. The fourth-order valence-corrected chi connectivity index (χ4v) is 2.48. The third kappa shape index (κ3) is 5.10. The second-order valence-corrected chi connectivity index (χ2v) is 6.02. The molecular formula is C21H17N3O6. The highest BCUT2D eigenvalue weighted by molar-refractivity contribution is 6.10. The van der Waals surface area contributed by atoms with Crippen molar-refractivity contribution in [1.29, 1.82) is 0 Å². The number of benzene rings is 2. The molecule has 1 heterocycles. The molecule has 30 heavy (non-hydrogen) atoms. The third-order valence-corrected chi connectivity index (χ3v) is 4.00. The van der Waals surface area contributed by atoms with Crippen LogP contribution in [0, 0.1) is 10.1 Å². The Morgan fingerprint density at radius 2 is 1.77 bits per heavy atom. The van der Waals surface area contributed by atoms with Crippen LogP contribution in [0.5, 0.6) is 5.75 Å². The van der Waals surface area contributed by atoms with Crippen molar-refractivity contribution in [2.45, 2.75) is 0 Å². The van der Waals surface area contributed by atoms with Crippen molar-refractivity contribution in [2.75, 3.05) is 12.4 Å². The molecule has 0 radical (unpaired) electrons. The lowest BCUT2D eigenvalue weighted by molar-refractivity contribution is -0.384. The van der Waals surface area contributed by atoms with Gasteiger partial charge in [-0.3, -0.25) is 19.7 Å². The van der Waals surface area contributed by atoms with E-state index in [0.29, 0.717) is 17.0 Å². The molecule has 152 valence electrons. The van der Waals surface area contributed by atoms with E-state index >= 15 is 0 Å². The highest BCUT2D eigenvalue weighted by Gasteiger charge is 2.17. The summed E-state index contributed by atoms with van der Waals surface area (Å²) >= 11 is 0. The number of hydrogen-bond acceptors (Lipinski definition) is 6. The van der Waals surface area contributed by atoms with Gasteiger partial charge in [-0.05, 0) is 48.0 Å². The fourth-order valence-electron chi connectivity index (χ4n) is 2.48. The number of carbonyl (C=O) groups is 2. The molecule has 2 N–H and O–H groups in total. The second-order valence-electron chi connectivity index (χ2n) is 6.02. The minimum atomic E-state index is -0.612. The van der Waals surface area contributed by atoms with Crippen LogP contribution in [-0.4, -0.2) is 23.8 Å². The number of carbonyl (C=O) groups excluding carboxylic acids is 2. The number of nitro groups is 1. The van der Waals surface area contributed by atoms with Crippen molar-refractivity contribution < 1.29 is 23.7 Å². The second kappa shape index (κ2) is 9.20. The Morgan fingerprint density at radius 1 is 1.07 bits per heavy atom. The molecule has 0 aliphatic heterocycles. The predicted molar refractivity (Wildman–Crippen MR) is 109 cm³/mol. The number of amides is 2. The first-order valence-electron chi connectivity index (χ1n) is 8.72. The summed E-state index contributed by atoms with van der Waals surface area (Å²) in [7, 11) is 1.54. The van der Waals surface area contributed by atoms with Crippen LogP contribution >= 0.6 is 0 Å². The Hall–Kier alpha value is -4.40. The fraction of sp³-hybridized carbons (Fsp3) is 0.0476. The Morgan fingerprint density at radius 3 is 2.33 bits per heavy atom. The maximum absolute atomic E-state index is 12.8. The van der Waals surface area contributed by atoms with Gasteiger partial charge in [0.05, 0.1) is 18.3 Å². The summed E-state index contributed by atoms with van der Waals surface area (Å²) in [6.45, 7) is 0. The van der Waals surface area contributed by atoms with Crippen LogP contribution in [0.2, 0.25) is 0 Å². The molecule has 0 fully saturated rings. The van der Waals surface area contributed by atoms with E-state index in [9.17, 15) is 19.7 Å². The highest BCUT2D eigenvalue weighted by Crippen LogP contribution is 2.17.